The number of rotatable bonds is 2. The number of fused-ring (bicyclic) bond motifs is 15. The lowest BCUT2D eigenvalue weighted by Gasteiger charge is -2.11. The second-order valence-corrected chi connectivity index (χ2v) is 12.1. The topological polar surface area (TPSA) is 52.9 Å². The Morgan fingerprint density at radius 1 is 0.404 bits per heavy atom. The average Bonchev–Trinajstić information content (AvgIpc) is 3.79. The van der Waals surface area contributed by atoms with Gasteiger partial charge in [0.05, 0.1) is 38.6 Å². The van der Waals surface area contributed by atoms with Crippen LogP contribution in [-0.4, -0.2) is 28.5 Å². The van der Waals surface area contributed by atoms with Crippen LogP contribution in [0.25, 0.3) is 93.6 Å². The van der Waals surface area contributed by atoms with Gasteiger partial charge in [-0.25, -0.2) is 9.97 Å². The van der Waals surface area contributed by atoms with Gasteiger partial charge in [-0.2, -0.15) is 0 Å². The van der Waals surface area contributed by atoms with E-state index in [1.807, 2.05) is 24.5 Å². The zero-order valence-electron chi connectivity index (χ0n) is 25.0. The third-order valence-electron chi connectivity index (χ3n) is 9.69. The molecule has 218 valence electrons. The lowest BCUT2D eigenvalue weighted by Crippen LogP contribution is -1.96. The molecule has 6 nitrogen and oxygen atoms in total. The van der Waals surface area contributed by atoms with Gasteiger partial charge in [0, 0.05) is 56.1 Å². The highest BCUT2D eigenvalue weighted by Gasteiger charge is 2.23. The van der Waals surface area contributed by atoms with Crippen molar-refractivity contribution in [2.45, 2.75) is 0 Å². The minimum atomic E-state index is 0.724. The number of para-hydroxylation sites is 3. The number of nitrogens with zero attached hydrogens (tertiary/aromatic N) is 6. The van der Waals surface area contributed by atoms with Gasteiger partial charge in [-0.15, -0.1) is 0 Å². The van der Waals surface area contributed by atoms with Crippen LogP contribution in [0.2, 0.25) is 0 Å². The summed E-state index contributed by atoms with van der Waals surface area (Å²) in [5.41, 5.74) is 11.4. The van der Waals surface area contributed by atoms with E-state index in [0.29, 0.717) is 0 Å². The molecule has 0 N–H and O–H groups in total. The maximum Gasteiger partial charge on any atom is 0.178 e. The molecule has 5 aromatic carbocycles. The molecule has 0 radical (unpaired) electrons. The predicted molar refractivity (Wildman–Crippen MR) is 192 cm³/mol. The minimum Gasteiger partial charge on any atom is -0.309 e. The summed E-state index contributed by atoms with van der Waals surface area (Å²) in [5, 5.41) is 6.93. The molecule has 0 aliphatic heterocycles. The zero-order valence-corrected chi connectivity index (χ0v) is 25.0. The van der Waals surface area contributed by atoms with Crippen LogP contribution in [0.4, 0.5) is 0 Å². The smallest absolute Gasteiger partial charge is 0.178 e. The number of hydrogen-bond donors (Lipinski definition) is 0. The molecule has 0 bridgehead atoms. The quantitative estimate of drug-likeness (QED) is 0.186. The number of hydrogen-bond acceptors (Lipinski definition) is 3. The fraction of sp³-hybridized carbons (Fsp3) is 0. The number of aromatic nitrogens is 6. The first-order chi connectivity index (χ1) is 23.3. The molecule has 6 heterocycles. The summed E-state index contributed by atoms with van der Waals surface area (Å²) in [5.74, 6) is 0. The molecule has 47 heavy (non-hydrogen) atoms. The van der Waals surface area contributed by atoms with Crippen molar-refractivity contribution in [2.75, 3.05) is 0 Å². The summed E-state index contributed by atoms with van der Waals surface area (Å²) in [7, 11) is 0. The van der Waals surface area contributed by atoms with Crippen LogP contribution in [0, 0.1) is 0 Å². The van der Waals surface area contributed by atoms with Crippen molar-refractivity contribution in [3.05, 3.63) is 146 Å². The molecular formula is C41H24N6. The van der Waals surface area contributed by atoms with E-state index in [1.165, 1.54) is 27.2 Å². The molecule has 0 amide bonds. The van der Waals surface area contributed by atoms with Crippen LogP contribution in [0.1, 0.15) is 0 Å². The summed E-state index contributed by atoms with van der Waals surface area (Å²) in [4.78, 5) is 14.8. The van der Waals surface area contributed by atoms with Gasteiger partial charge in [0.2, 0.25) is 0 Å². The van der Waals surface area contributed by atoms with E-state index < -0.39 is 0 Å². The summed E-state index contributed by atoms with van der Waals surface area (Å²) >= 11 is 0. The SMILES string of the molecule is c1ccc(-n2c3ccccc3c3cc4c5c6c(ccc5n(-c5ccccc5)c4cc32)c2ncccc2n2c3cccnc3nc62)cc1. The minimum absolute atomic E-state index is 0.724. The first-order valence-corrected chi connectivity index (χ1v) is 15.8. The molecule has 0 fully saturated rings. The van der Waals surface area contributed by atoms with Crippen LogP contribution < -0.4 is 0 Å². The third-order valence-corrected chi connectivity index (χ3v) is 9.69. The second kappa shape index (κ2) is 9.02. The van der Waals surface area contributed by atoms with E-state index in [0.717, 1.165) is 66.4 Å². The molecule has 0 spiro atoms. The van der Waals surface area contributed by atoms with E-state index in [9.17, 15) is 0 Å². The molecule has 6 heteroatoms. The van der Waals surface area contributed by atoms with Gasteiger partial charge >= 0.3 is 0 Å². The van der Waals surface area contributed by atoms with Crippen molar-refractivity contribution in [1.29, 1.82) is 0 Å². The molecule has 0 unspecified atom stereocenters. The maximum atomic E-state index is 5.20. The van der Waals surface area contributed by atoms with Crippen LogP contribution in [0.15, 0.2) is 146 Å². The highest BCUT2D eigenvalue weighted by molar-refractivity contribution is 6.31. The van der Waals surface area contributed by atoms with E-state index in [-0.39, 0.29) is 0 Å². The first kappa shape index (κ1) is 24.8. The Morgan fingerprint density at radius 3 is 1.87 bits per heavy atom. The Labute approximate surface area is 267 Å². The Hall–Kier alpha value is -6.53. The van der Waals surface area contributed by atoms with E-state index in [4.69, 9.17) is 9.97 Å². The fourth-order valence-electron chi connectivity index (χ4n) is 7.82. The third kappa shape index (κ3) is 3.21. The Balaban J connectivity index is 1.43. The van der Waals surface area contributed by atoms with Crippen LogP contribution in [0.3, 0.4) is 0 Å². The maximum absolute atomic E-state index is 5.20. The van der Waals surface area contributed by atoms with Crippen molar-refractivity contribution < 1.29 is 0 Å². The normalized spacial score (nSPS) is 12.3. The largest absolute Gasteiger partial charge is 0.309 e. The van der Waals surface area contributed by atoms with Crippen LogP contribution in [0.5, 0.6) is 0 Å². The van der Waals surface area contributed by atoms with Gasteiger partial charge in [-0.3, -0.25) is 9.38 Å². The van der Waals surface area contributed by atoms with Crippen molar-refractivity contribution in [1.82, 2.24) is 28.5 Å². The molecule has 11 aromatic rings. The summed E-state index contributed by atoms with van der Waals surface area (Å²) in [6.45, 7) is 0. The number of pyridine rings is 3. The fourth-order valence-corrected chi connectivity index (χ4v) is 7.82. The van der Waals surface area contributed by atoms with Gasteiger partial charge in [-0.05, 0) is 78.9 Å². The van der Waals surface area contributed by atoms with Crippen molar-refractivity contribution in [3.63, 3.8) is 0 Å². The van der Waals surface area contributed by atoms with Gasteiger partial charge < -0.3 is 9.13 Å². The van der Waals surface area contributed by atoms with E-state index in [2.05, 4.69) is 140 Å². The molecule has 0 saturated heterocycles. The molecular weight excluding hydrogens is 576 g/mol. The zero-order chi connectivity index (χ0) is 30.6. The molecule has 0 saturated carbocycles. The monoisotopic (exact) mass is 600 g/mol. The highest BCUT2D eigenvalue weighted by Crippen LogP contribution is 2.44. The first-order valence-electron chi connectivity index (χ1n) is 15.8. The second-order valence-electron chi connectivity index (χ2n) is 12.1. The Bertz CT molecular complexity index is 3060. The molecule has 11 rings (SSSR count). The summed E-state index contributed by atoms with van der Waals surface area (Å²) in [6.07, 6.45) is 3.69. The summed E-state index contributed by atoms with van der Waals surface area (Å²) < 4.78 is 7.02. The Morgan fingerprint density at radius 2 is 1.06 bits per heavy atom. The standard InChI is InChI=1S/C41H24N6/c1-3-11-25(12-4-1)45-31-16-8-7-15-27(31)29-23-30-36(24-35(29)45)46(26-13-5-2-6-14-26)32-20-19-28-38(37(30)32)41-44-40-34(18-10-22-43-40)47(41)33-17-9-21-42-39(28)33/h1-24H. The van der Waals surface area contributed by atoms with Crippen molar-refractivity contribution >= 4 is 82.2 Å². The van der Waals surface area contributed by atoms with Crippen LogP contribution in [-0.2, 0) is 0 Å². The summed E-state index contributed by atoms with van der Waals surface area (Å²) in [6, 6.07) is 47.5. The van der Waals surface area contributed by atoms with E-state index in [1.54, 1.807) is 0 Å². The molecule has 6 aromatic heterocycles. The average molecular weight is 601 g/mol. The lowest BCUT2D eigenvalue weighted by atomic mass is 10.0. The predicted octanol–water partition coefficient (Wildman–Crippen LogP) is 9.78. The lowest BCUT2D eigenvalue weighted by molar-refractivity contribution is 1.16. The van der Waals surface area contributed by atoms with Gasteiger partial charge in [0.25, 0.3) is 0 Å². The van der Waals surface area contributed by atoms with Gasteiger partial charge in [0.1, 0.15) is 5.65 Å². The van der Waals surface area contributed by atoms with Crippen LogP contribution >= 0.6 is 0 Å². The molecule has 0 aliphatic carbocycles. The number of imidazole rings is 1. The molecule has 0 atom stereocenters. The molecule has 0 aliphatic rings. The highest BCUT2D eigenvalue weighted by atomic mass is 15.1. The van der Waals surface area contributed by atoms with Crippen molar-refractivity contribution in [2.24, 2.45) is 0 Å². The Kier molecular flexibility index (Phi) is 4.75. The van der Waals surface area contributed by atoms with Gasteiger partial charge in [-0.1, -0.05) is 54.6 Å². The van der Waals surface area contributed by atoms with Crippen molar-refractivity contribution in [3.8, 4) is 11.4 Å². The van der Waals surface area contributed by atoms with E-state index >= 15 is 0 Å². The number of benzene rings is 5. The van der Waals surface area contributed by atoms with Gasteiger partial charge in [0.15, 0.2) is 5.65 Å².